The van der Waals surface area contributed by atoms with Crippen molar-refractivity contribution in [3.63, 3.8) is 0 Å². The van der Waals surface area contributed by atoms with Crippen LogP contribution in [0.2, 0.25) is 0 Å². The molecule has 1 unspecified atom stereocenters. The number of carbonyl (C=O) groups is 2. The summed E-state index contributed by atoms with van der Waals surface area (Å²) in [6.45, 7) is 4.41. The van der Waals surface area contributed by atoms with E-state index in [0.29, 0.717) is 18.3 Å². The zero-order valence-electron chi connectivity index (χ0n) is 12.4. The molecule has 1 atom stereocenters. The molecular weight excluding hydrogens is 296 g/mol. The third-order valence-electron chi connectivity index (χ3n) is 2.70. The molecule has 0 bridgehead atoms. The molecule has 0 saturated carbocycles. The maximum absolute atomic E-state index is 12.3. The molecule has 0 aromatic heterocycles. The number of ether oxygens (including phenoxy) is 1. The number of aliphatic carboxylic acids is 1. The lowest BCUT2D eigenvalue weighted by Crippen LogP contribution is -2.42. The number of halogens is 2. The van der Waals surface area contributed by atoms with Crippen molar-refractivity contribution in [2.24, 2.45) is 5.92 Å². The van der Waals surface area contributed by atoms with E-state index in [1.165, 1.54) is 12.1 Å². The summed E-state index contributed by atoms with van der Waals surface area (Å²) in [6.07, 6.45) is -3.76. The van der Waals surface area contributed by atoms with Crippen molar-refractivity contribution in [2.45, 2.75) is 32.7 Å². The predicted octanol–water partition coefficient (Wildman–Crippen LogP) is 2.56. The molecule has 0 saturated heterocycles. The minimum atomic E-state index is -2.82. The summed E-state index contributed by atoms with van der Waals surface area (Å²) in [6, 6.07) is 4.51. The van der Waals surface area contributed by atoms with E-state index in [-0.39, 0.29) is 5.56 Å². The molecule has 22 heavy (non-hydrogen) atoms. The van der Waals surface area contributed by atoms with E-state index in [1.54, 1.807) is 12.1 Å². The highest BCUT2D eigenvalue weighted by Gasteiger charge is 2.24. The normalized spacial score (nSPS) is 12.3. The SMILES string of the molecule is CC(C)COc1cccc(C(=O)NC(CC(F)F)C(=O)O)c1. The first-order chi connectivity index (χ1) is 10.3. The smallest absolute Gasteiger partial charge is 0.326 e. The van der Waals surface area contributed by atoms with Crippen molar-refractivity contribution in [3.05, 3.63) is 29.8 Å². The molecule has 0 heterocycles. The number of benzene rings is 1. The first-order valence-electron chi connectivity index (χ1n) is 6.84. The van der Waals surface area contributed by atoms with Crippen LogP contribution in [-0.4, -0.2) is 36.1 Å². The first-order valence-corrected chi connectivity index (χ1v) is 6.84. The summed E-state index contributed by atoms with van der Waals surface area (Å²) in [5, 5.41) is 10.9. The summed E-state index contributed by atoms with van der Waals surface area (Å²) in [5.74, 6) is -1.47. The summed E-state index contributed by atoms with van der Waals surface area (Å²) < 4.78 is 30.1. The Kier molecular flexibility index (Phi) is 6.75. The lowest BCUT2D eigenvalue weighted by atomic mass is 10.1. The zero-order valence-corrected chi connectivity index (χ0v) is 12.4. The highest BCUT2D eigenvalue weighted by molar-refractivity contribution is 5.96. The van der Waals surface area contributed by atoms with E-state index in [0.717, 1.165) is 0 Å². The van der Waals surface area contributed by atoms with Crippen LogP contribution in [0.25, 0.3) is 0 Å². The molecule has 1 rings (SSSR count). The van der Waals surface area contributed by atoms with Crippen LogP contribution in [0.4, 0.5) is 8.78 Å². The number of amides is 1. The average molecular weight is 315 g/mol. The molecule has 0 aliphatic carbocycles. The summed E-state index contributed by atoms with van der Waals surface area (Å²) in [4.78, 5) is 22.8. The van der Waals surface area contributed by atoms with Crippen LogP contribution < -0.4 is 10.1 Å². The zero-order chi connectivity index (χ0) is 16.7. The Morgan fingerprint density at radius 2 is 2.00 bits per heavy atom. The molecule has 1 aromatic rings. The molecule has 1 amide bonds. The number of nitrogens with one attached hydrogen (secondary N) is 1. The number of hydrogen-bond donors (Lipinski definition) is 2. The topological polar surface area (TPSA) is 75.6 Å². The highest BCUT2D eigenvalue weighted by Crippen LogP contribution is 2.15. The molecule has 0 aliphatic rings. The fraction of sp³-hybridized carbons (Fsp3) is 0.467. The maximum Gasteiger partial charge on any atom is 0.326 e. The van der Waals surface area contributed by atoms with Crippen molar-refractivity contribution in [1.29, 1.82) is 0 Å². The molecular formula is C15H19F2NO4. The van der Waals surface area contributed by atoms with Crippen molar-refractivity contribution in [2.75, 3.05) is 6.61 Å². The summed E-state index contributed by atoms with van der Waals surface area (Å²) in [7, 11) is 0. The van der Waals surface area contributed by atoms with E-state index >= 15 is 0 Å². The summed E-state index contributed by atoms with van der Waals surface area (Å²) in [5.41, 5.74) is 0.154. The van der Waals surface area contributed by atoms with Gasteiger partial charge in [0.25, 0.3) is 5.91 Å². The van der Waals surface area contributed by atoms with Gasteiger partial charge in [0.05, 0.1) is 6.61 Å². The van der Waals surface area contributed by atoms with Gasteiger partial charge in [0.1, 0.15) is 11.8 Å². The van der Waals surface area contributed by atoms with Gasteiger partial charge in [-0.15, -0.1) is 0 Å². The number of alkyl halides is 2. The predicted molar refractivity (Wildman–Crippen MR) is 76.3 cm³/mol. The van der Waals surface area contributed by atoms with Crippen LogP contribution in [-0.2, 0) is 4.79 Å². The first kappa shape index (κ1) is 17.9. The van der Waals surface area contributed by atoms with E-state index in [1.807, 2.05) is 13.8 Å². The second kappa shape index (κ2) is 8.31. The Bertz CT molecular complexity index is 520. The van der Waals surface area contributed by atoms with Gasteiger partial charge in [-0.3, -0.25) is 4.79 Å². The Hall–Kier alpha value is -2.18. The van der Waals surface area contributed by atoms with E-state index in [4.69, 9.17) is 9.84 Å². The average Bonchev–Trinajstić information content (AvgIpc) is 2.44. The Balaban J connectivity index is 2.75. The monoisotopic (exact) mass is 315 g/mol. The number of carboxylic acids is 1. The van der Waals surface area contributed by atoms with Gasteiger partial charge in [-0.1, -0.05) is 19.9 Å². The van der Waals surface area contributed by atoms with Crippen LogP contribution in [0.5, 0.6) is 5.75 Å². The fourth-order valence-corrected chi connectivity index (χ4v) is 1.63. The van der Waals surface area contributed by atoms with Gasteiger partial charge in [-0.2, -0.15) is 0 Å². The molecule has 1 aromatic carbocycles. The Morgan fingerprint density at radius 1 is 1.32 bits per heavy atom. The Morgan fingerprint density at radius 3 is 2.55 bits per heavy atom. The standard InChI is InChI=1S/C15H19F2NO4/c1-9(2)8-22-11-5-3-4-10(6-11)14(19)18-12(15(20)21)7-13(16)17/h3-6,9,12-13H,7-8H2,1-2H3,(H,18,19)(H,20,21). The van der Waals surface area contributed by atoms with Crippen LogP contribution in [0.3, 0.4) is 0 Å². The van der Waals surface area contributed by atoms with E-state index in [9.17, 15) is 18.4 Å². The second-order valence-corrected chi connectivity index (χ2v) is 5.22. The number of rotatable bonds is 8. The Labute approximate surface area is 127 Å². The molecule has 0 fully saturated rings. The molecule has 2 N–H and O–H groups in total. The van der Waals surface area contributed by atoms with Crippen molar-refractivity contribution < 1.29 is 28.2 Å². The molecule has 0 spiro atoms. The van der Waals surface area contributed by atoms with Gasteiger partial charge in [0.2, 0.25) is 6.43 Å². The number of hydrogen-bond acceptors (Lipinski definition) is 3. The number of carboxylic acid groups (broad SMARTS) is 1. The van der Waals surface area contributed by atoms with E-state index in [2.05, 4.69) is 5.32 Å². The van der Waals surface area contributed by atoms with Crippen LogP contribution >= 0.6 is 0 Å². The van der Waals surface area contributed by atoms with Gasteiger partial charge in [-0.05, 0) is 24.1 Å². The molecule has 0 aliphatic heterocycles. The van der Waals surface area contributed by atoms with Crippen molar-refractivity contribution in [1.82, 2.24) is 5.32 Å². The maximum atomic E-state index is 12.3. The molecule has 5 nitrogen and oxygen atoms in total. The fourth-order valence-electron chi connectivity index (χ4n) is 1.63. The third-order valence-corrected chi connectivity index (χ3v) is 2.70. The minimum absolute atomic E-state index is 0.154. The van der Waals surface area contributed by atoms with E-state index < -0.39 is 30.8 Å². The molecule has 122 valence electrons. The largest absolute Gasteiger partial charge is 0.493 e. The quantitative estimate of drug-likeness (QED) is 0.773. The molecule has 0 radical (unpaired) electrons. The summed E-state index contributed by atoms with van der Waals surface area (Å²) >= 11 is 0. The van der Waals surface area contributed by atoms with Gasteiger partial charge >= 0.3 is 5.97 Å². The van der Waals surface area contributed by atoms with Crippen molar-refractivity contribution >= 4 is 11.9 Å². The minimum Gasteiger partial charge on any atom is -0.493 e. The van der Waals surface area contributed by atoms with Gasteiger partial charge in [0.15, 0.2) is 0 Å². The van der Waals surface area contributed by atoms with Crippen molar-refractivity contribution in [3.8, 4) is 5.75 Å². The second-order valence-electron chi connectivity index (χ2n) is 5.22. The lowest BCUT2D eigenvalue weighted by molar-refractivity contribution is -0.140. The van der Waals surface area contributed by atoms with Gasteiger partial charge in [0, 0.05) is 12.0 Å². The molecule has 7 heteroatoms. The van der Waals surface area contributed by atoms with Crippen LogP contribution in [0.15, 0.2) is 24.3 Å². The highest BCUT2D eigenvalue weighted by atomic mass is 19.3. The number of carbonyl (C=O) groups excluding carboxylic acids is 1. The van der Waals surface area contributed by atoms with Gasteiger partial charge in [-0.25, -0.2) is 13.6 Å². The van der Waals surface area contributed by atoms with Gasteiger partial charge < -0.3 is 15.2 Å². The van der Waals surface area contributed by atoms with Crippen LogP contribution in [0.1, 0.15) is 30.6 Å². The third kappa shape index (κ3) is 6.07. The van der Waals surface area contributed by atoms with Crippen LogP contribution in [0, 0.1) is 5.92 Å². The lowest BCUT2D eigenvalue weighted by Gasteiger charge is -2.14.